The van der Waals surface area contributed by atoms with Crippen molar-refractivity contribution in [2.24, 2.45) is 0 Å². The summed E-state index contributed by atoms with van der Waals surface area (Å²) in [5.74, 6) is -0.363. The van der Waals surface area contributed by atoms with Crippen molar-refractivity contribution in [2.45, 2.75) is 67.4 Å². The van der Waals surface area contributed by atoms with Crippen LogP contribution in [0.25, 0.3) is 0 Å². The van der Waals surface area contributed by atoms with Crippen LogP contribution in [-0.4, -0.2) is 41.8 Å². The highest BCUT2D eigenvalue weighted by Crippen LogP contribution is 2.38. The maximum Gasteiger partial charge on any atom is 0.342 e. The third kappa shape index (κ3) is 6.78. The molecule has 0 bridgehead atoms. The third-order valence-corrected chi connectivity index (χ3v) is 6.32. The zero-order chi connectivity index (χ0) is 22.7. The second-order valence-electron chi connectivity index (χ2n) is 6.80. The van der Waals surface area contributed by atoms with Gasteiger partial charge in [-0.05, 0) is 44.2 Å². The zero-order valence-electron chi connectivity index (χ0n) is 19.3. The average molecular weight is 440 g/mol. The van der Waals surface area contributed by atoms with Gasteiger partial charge in [0.15, 0.2) is 8.38 Å². The molecule has 0 amide bonds. The van der Waals surface area contributed by atoms with E-state index < -0.39 is 14.3 Å². The van der Waals surface area contributed by atoms with Gasteiger partial charge in [0.2, 0.25) is 0 Å². The second-order valence-corrected chi connectivity index (χ2v) is 8.21. The number of phenolic OH excluding ortho intramolecular Hbond substituents is 1. The summed E-state index contributed by atoms with van der Waals surface area (Å²) in [7, 11) is -1.34. The fraction of sp³-hybridized carbons (Fsp3) is 0.609. The number of rotatable bonds is 11. The summed E-state index contributed by atoms with van der Waals surface area (Å²) < 4.78 is 10.3. The highest BCUT2D eigenvalue weighted by Gasteiger charge is 2.30. The first-order valence-electron chi connectivity index (χ1n) is 11.0. The molecular weight excluding hydrogens is 401 g/mol. The molecule has 7 heteroatoms. The Bertz CT molecular complexity index is 733. The number of hydrogen-bond acceptors (Lipinski definition) is 6. The Morgan fingerprint density at radius 3 is 2.57 bits per heavy atom. The van der Waals surface area contributed by atoms with Gasteiger partial charge in [-0.1, -0.05) is 39.3 Å². The first kappa shape index (κ1) is 26.6. The van der Waals surface area contributed by atoms with E-state index >= 15 is 0 Å². The van der Waals surface area contributed by atoms with Crippen molar-refractivity contribution in [1.82, 2.24) is 5.32 Å². The van der Waals surface area contributed by atoms with Gasteiger partial charge >= 0.3 is 5.97 Å². The van der Waals surface area contributed by atoms with Crippen LogP contribution in [0.3, 0.4) is 0 Å². The fourth-order valence-corrected chi connectivity index (χ4v) is 4.34. The molecular formula is C23H38NO5P. The molecule has 30 heavy (non-hydrogen) atoms. The summed E-state index contributed by atoms with van der Waals surface area (Å²) in [5, 5.41) is 14.1. The van der Waals surface area contributed by atoms with Gasteiger partial charge in [0.1, 0.15) is 17.9 Å². The molecule has 1 aliphatic rings. The van der Waals surface area contributed by atoms with Crippen LogP contribution in [-0.2, 0) is 28.7 Å². The van der Waals surface area contributed by atoms with Gasteiger partial charge in [0, 0.05) is 30.4 Å². The number of cyclic esters (lactones) is 1. The lowest BCUT2D eigenvalue weighted by Gasteiger charge is -2.16. The molecule has 1 unspecified atom stereocenters. The molecule has 1 aliphatic heterocycles. The van der Waals surface area contributed by atoms with Crippen LogP contribution in [0.1, 0.15) is 73.7 Å². The molecule has 0 radical (unpaired) electrons. The van der Waals surface area contributed by atoms with Gasteiger partial charge in [0.25, 0.3) is 0 Å². The van der Waals surface area contributed by atoms with Gasteiger partial charge in [-0.2, -0.15) is 0 Å². The molecule has 1 aromatic carbocycles. The standard InChI is InChI=1S/C21H32NO5P.C2H6/c1-5-15(12-22-10-11-28(25)27-7-3)8-9-17-16(6-2)14(4)18-13-26-21(24)19(18)20(17)23;1-2/h8,22-23,25H,5-7,9-13H2,1-4H3;1-2H3/b15-8+;. The lowest BCUT2D eigenvalue weighted by Crippen LogP contribution is -2.20. The van der Waals surface area contributed by atoms with Gasteiger partial charge in [-0.15, -0.1) is 0 Å². The van der Waals surface area contributed by atoms with E-state index in [1.807, 2.05) is 27.7 Å². The number of fused-ring (bicyclic) bond motifs is 1. The molecule has 3 N–H and O–H groups in total. The Labute approximate surface area is 182 Å². The number of aromatic hydroxyl groups is 1. The van der Waals surface area contributed by atoms with Crippen molar-refractivity contribution in [3.05, 3.63) is 39.5 Å². The molecule has 2 rings (SSSR count). The van der Waals surface area contributed by atoms with Crippen molar-refractivity contribution in [3.8, 4) is 5.75 Å². The van der Waals surface area contributed by atoms with E-state index in [1.54, 1.807) is 0 Å². The Morgan fingerprint density at radius 2 is 1.97 bits per heavy atom. The number of nitrogens with one attached hydrogen (secondary N) is 1. The van der Waals surface area contributed by atoms with Crippen molar-refractivity contribution in [3.63, 3.8) is 0 Å². The molecule has 0 aliphatic carbocycles. The monoisotopic (exact) mass is 439 g/mol. The minimum Gasteiger partial charge on any atom is -0.507 e. The molecule has 6 nitrogen and oxygen atoms in total. The van der Waals surface area contributed by atoms with Gasteiger partial charge < -0.3 is 24.6 Å². The summed E-state index contributed by atoms with van der Waals surface area (Å²) in [6, 6.07) is 0. The van der Waals surface area contributed by atoms with Gasteiger partial charge in [0.05, 0.1) is 6.61 Å². The number of carbonyl (C=O) groups is 1. The Kier molecular flexibility index (Phi) is 12.2. The van der Waals surface area contributed by atoms with E-state index in [2.05, 4.69) is 25.2 Å². The van der Waals surface area contributed by atoms with Crippen molar-refractivity contribution < 1.29 is 24.1 Å². The highest BCUT2D eigenvalue weighted by molar-refractivity contribution is 7.46. The third-order valence-electron chi connectivity index (χ3n) is 5.16. The first-order valence-corrected chi connectivity index (χ1v) is 12.3. The fourth-order valence-electron chi connectivity index (χ4n) is 3.57. The van der Waals surface area contributed by atoms with Crippen molar-refractivity contribution in [2.75, 3.05) is 25.9 Å². The van der Waals surface area contributed by atoms with Gasteiger partial charge in [-0.3, -0.25) is 0 Å². The second kappa shape index (κ2) is 13.8. The molecule has 170 valence electrons. The predicted octanol–water partition coefficient (Wildman–Crippen LogP) is 4.77. The molecule has 0 saturated heterocycles. The molecule has 0 saturated carbocycles. The van der Waals surface area contributed by atoms with E-state index in [0.29, 0.717) is 31.3 Å². The number of carbonyl (C=O) groups excluding carboxylic acids is 1. The molecule has 1 aromatic rings. The maximum atomic E-state index is 12.0. The van der Waals surface area contributed by atoms with E-state index in [9.17, 15) is 14.8 Å². The molecule has 1 heterocycles. The quantitative estimate of drug-likeness (QED) is 0.199. The lowest BCUT2D eigenvalue weighted by atomic mass is 9.89. The zero-order valence-corrected chi connectivity index (χ0v) is 20.2. The van der Waals surface area contributed by atoms with Crippen LogP contribution in [0.15, 0.2) is 11.6 Å². The number of benzene rings is 1. The topological polar surface area (TPSA) is 88.0 Å². The van der Waals surface area contributed by atoms with Gasteiger partial charge in [-0.25, -0.2) is 4.79 Å². The van der Waals surface area contributed by atoms with Crippen LogP contribution >= 0.6 is 8.38 Å². The average Bonchev–Trinajstić information content (AvgIpc) is 3.14. The normalized spacial score (nSPS) is 14.1. The molecule has 0 fully saturated rings. The van der Waals surface area contributed by atoms with E-state index in [0.717, 1.165) is 41.6 Å². The number of esters is 1. The minimum atomic E-state index is -1.34. The van der Waals surface area contributed by atoms with E-state index in [-0.39, 0.29) is 12.4 Å². The van der Waals surface area contributed by atoms with Crippen molar-refractivity contribution in [1.29, 1.82) is 0 Å². The highest BCUT2D eigenvalue weighted by atomic mass is 31.2. The summed E-state index contributed by atoms with van der Waals surface area (Å²) in [5.41, 5.74) is 5.34. The first-order chi connectivity index (χ1) is 14.4. The Balaban J connectivity index is 0.00000218. The number of ether oxygens (including phenoxy) is 1. The summed E-state index contributed by atoms with van der Waals surface area (Å²) in [4.78, 5) is 21.7. The van der Waals surface area contributed by atoms with E-state index in [1.165, 1.54) is 5.57 Å². The largest absolute Gasteiger partial charge is 0.507 e. The Morgan fingerprint density at radius 1 is 1.27 bits per heavy atom. The van der Waals surface area contributed by atoms with Crippen LogP contribution in [0.2, 0.25) is 0 Å². The molecule has 1 atom stereocenters. The predicted molar refractivity (Wildman–Crippen MR) is 123 cm³/mol. The van der Waals surface area contributed by atoms with Crippen LogP contribution in [0.4, 0.5) is 0 Å². The number of phenols is 1. The molecule has 0 aromatic heterocycles. The van der Waals surface area contributed by atoms with Crippen LogP contribution in [0.5, 0.6) is 5.75 Å². The smallest absolute Gasteiger partial charge is 0.342 e. The van der Waals surface area contributed by atoms with Crippen LogP contribution in [0, 0.1) is 6.92 Å². The van der Waals surface area contributed by atoms with E-state index in [4.69, 9.17) is 9.26 Å². The summed E-state index contributed by atoms with van der Waals surface area (Å²) in [6.07, 6.45) is 4.99. The SMILES string of the molecule is CC.CCOP(O)CCNC/C(=C/Cc1c(O)c2c(c(C)c1CC)COC2=O)CC. The maximum absolute atomic E-state index is 12.0. The summed E-state index contributed by atoms with van der Waals surface area (Å²) >= 11 is 0. The lowest BCUT2D eigenvalue weighted by molar-refractivity contribution is 0.0533. The van der Waals surface area contributed by atoms with Crippen LogP contribution < -0.4 is 5.32 Å². The van der Waals surface area contributed by atoms with Crippen molar-refractivity contribution >= 4 is 14.3 Å². The Hall–Kier alpha value is -1.46. The minimum absolute atomic E-state index is 0.0715. The number of allylic oxidation sites excluding steroid dienone is 1. The summed E-state index contributed by atoms with van der Waals surface area (Å²) in [6.45, 7) is 14.2. The number of hydrogen-bond donors (Lipinski definition) is 3. The molecule has 0 spiro atoms.